The van der Waals surface area contributed by atoms with E-state index in [1.807, 2.05) is 13.8 Å². The second-order valence-electron chi connectivity index (χ2n) is 4.57. The second kappa shape index (κ2) is 5.14. The number of fused-ring (bicyclic) bond motifs is 1. The van der Waals surface area contributed by atoms with E-state index < -0.39 is 5.97 Å². The van der Waals surface area contributed by atoms with E-state index in [0.29, 0.717) is 11.6 Å². The van der Waals surface area contributed by atoms with Crippen LogP contribution in [0.3, 0.4) is 0 Å². The first kappa shape index (κ1) is 13.5. The van der Waals surface area contributed by atoms with Crippen LogP contribution in [0, 0.1) is 13.8 Å². The number of aromatic carboxylic acids is 1. The number of hydrogen-bond acceptors (Lipinski definition) is 5. The van der Waals surface area contributed by atoms with Crippen molar-refractivity contribution in [2.75, 3.05) is 0 Å². The highest BCUT2D eigenvalue weighted by Gasteiger charge is 2.13. The summed E-state index contributed by atoms with van der Waals surface area (Å²) in [6.45, 7) is 4.05. The fourth-order valence-corrected chi connectivity index (χ4v) is 2.99. The molecule has 2 heterocycles. The molecule has 106 valence electrons. The molecule has 1 N–H and O–H groups in total. The number of carboxylic acids is 1. The van der Waals surface area contributed by atoms with Gasteiger partial charge < -0.3 is 9.84 Å². The Hall–Kier alpha value is -2.47. The van der Waals surface area contributed by atoms with Gasteiger partial charge in [0.05, 0.1) is 10.9 Å². The van der Waals surface area contributed by atoms with Crippen LogP contribution in [0.2, 0.25) is 0 Å². The minimum Gasteiger partial charge on any atom is -0.478 e. The number of benzene rings is 1. The van der Waals surface area contributed by atoms with E-state index in [-0.39, 0.29) is 5.56 Å². The van der Waals surface area contributed by atoms with Crippen LogP contribution in [0.5, 0.6) is 11.6 Å². The molecular formula is C15H12N2O3S. The fraction of sp³-hybridized carbons (Fsp3) is 0.133. The standard InChI is InChI=1S/C15H12N2O3S/c1-8-9(2)21-14-12(8)13(16-7-17-14)20-11-5-3-10(4-6-11)15(18)19/h3-7H,1-2H3,(H,18,19). The lowest BCUT2D eigenvalue weighted by Gasteiger charge is -2.06. The summed E-state index contributed by atoms with van der Waals surface area (Å²) in [5.74, 6) is 0.0726. The van der Waals surface area contributed by atoms with Crippen molar-refractivity contribution in [3.63, 3.8) is 0 Å². The van der Waals surface area contributed by atoms with Crippen molar-refractivity contribution in [3.05, 3.63) is 46.6 Å². The second-order valence-corrected chi connectivity index (χ2v) is 5.78. The van der Waals surface area contributed by atoms with Gasteiger partial charge in [-0.2, -0.15) is 0 Å². The molecule has 0 spiro atoms. The van der Waals surface area contributed by atoms with Crippen LogP contribution in [-0.2, 0) is 0 Å². The number of rotatable bonds is 3. The third-order valence-electron chi connectivity index (χ3n) is 3.25. The summed E-state index contributed by atoms with van der Waals surface area (Å²) in [6, 6.07) is 6.24. The predicted octanol–water partition coefficient (Wildman–Crippen LogP) is 3.80. The zero-order chi connectivity index (χ0) is 15.0. The number of thiophene rings is 1. The summed E-state index contributed by atoms with van der Waals surface area (Å²) in [5.41, 5.74) is 1.32. The quantitative estimate of drug-likeness (QED) is 0.796. The molecule has 0 aliphatic heterocycles. The van der Waals surface area contributed by atoms with Crippen LogP contribution in [0.25, 0.3) is 10.2 Å². The van der Waals surface area contributed by atoms with Gasteiger partial charge >= 0.3 is 5.97 Å². The number of ether oxygens (including phenoxy) is 1. The predicted molar refractivity (Wildman–Crippen MR) is 80.4 cm³/mol. The molecule has 3 rings (SSSR count). The Labute approximate surface area is 124 Å². The van der Waals surface area contributed by atoms with E-state index >= 15 is 0 Å². The van der Waals surface area contributed by atoms with Crippen LogP contribution in [0.15, 0.2) is 30.6 Å². The molecule has 0 radical (unpaired) electrons. The third kappa shape index (κ3) is 2.45. The van der Waals surface area contributed by atoms with Crippen molar-refractivity contribution in [1.82, 2.24) is 9.97 Å². The van der Waals surface area contributed by atoms with E-state index in [2.05, 4.69) is 9.97 Å². The van der Waals surface area contributed by atoms with Crippen LogP contribution in [-0.4, -0.2) is 21.0 Å². The Morgan fingerprint density at radius 1 is 1.19 bits per heavy atom. The molecule has 0 saturated heterocycles. The highest BCUT2D eigenvalue weighted by molar-refractivity contribution is 7.18. The van der Waals surface area contributed by atoms with E-state index in [1.54, 1.807) is 23.5 Å². The molecule has 0 atom stereocenters. The number of nitrogens with zero attached hydrogens (tertiary/aromatic N) is 2. The molecule has 2 aromatic heterocycles. The zero-order valence-corrected chi connectivity index (χ0v) is 12.3. The number of carbonyl (C=O) groups is 1. The first-order valence-corrected chi connectivity index (χ1v) is 7.10. The van der Waals surface area contributed by atoms with Gasteiger partial charge in [0.25, 0.3) is 0 Å². The molecule has 5 nitrogen and oxygen atoms in total. The van der Waals surface area contributed by atoms with Crippen molar-refractivity contribution < 1.29 is 14.6 Å². The van der Waals surface area contributed by atoms with Crippen LogP contribution in [0.4, 0.5) is 0 Å². The Morgan fingerprint density at radius 3 is 2.57 bits per heavy atom. The number of aryl methyl sites for hydroxylation is 2. The van der Waals surface area contributed by atoms with E-state index in [1.165, 1.54) is 23.3 Å². The fourth-order valence-electron chi connectivity index (χ4n) is 2.00. The molecule has 0 amide bonds. The highest BCUT2D eigenvalue weighted by Crippen LogP contribution is 2.35. The molecule has 3 aromatic rings. The Kier molecular flexibility index (Phi) is 3.31. The number of aromatic nitrogens is 2. The van der Waals surface area contributed by atoms with Gasteiger partial charge in [0.1, 0.15) is 16.9 Å². The van der Waals surface area contributed by atoms with Crippen molar-refractivity contribution in [1.29, 1.82) is 0 Å². The number of hydrogen-bond donors (Lipinski definition) is 1. The smallest absolute Gasteiger partial charge is 0.335 e. The van der Waals surface area contributed by atoms with Gasteiger partial charge in [0, 0.05) is 4.88 Å². The summed E-state index contributed by atoms with van der Waals surface area (Å²) in [6.07, 6.45) is 1.47. The molecule has 6 heteroatoms. The van der Waals surface area contributed by atoms with Gasteiger partial charge in [-0.05, 0) is 43.7 Å². The van der Waals surface area contributed by atoms with Crippen molar-refractivity contribution >= 4 is 27.5 Å². The highest BCUT2D eigenvalue weighted by atomic mass is 32.1. The molecule has 0 unspecified atom stereocenters. The minimum absolute atomic E-state index is 0.220. The largest absolute Gasteiger partial charge is 0.478 e. The molecular weight excluding hydrogens is 288 g/mol. The molecule has 0 bridgehead atoms. The Bertz CT molecular complexity index is 825. The summed E-state index contributed by atoms with van der Waals surface area (Å²) < 4.78 is 5.78. The van der Waals surface area contributed by atoms with Gasteiger partial charge in [-0.1, -0.05) is 0 Å². The van der Waals surface area contributed by atoms with Crippen molar-refractivity contribution in [2.24, 2.45) is 0 Å². The van der Waals surface area contributed by atoms with Crippen LogP contribution < -0.4 is 4.74 Å². The summed E-state index contributed by atoms with van der Waals surface area (Å²) in [4.78, 5) is 21.3. The molecule has 21 heavy (non-hydrogen) atoms. The molecule has 0 fully saturated rings. The van der Waals surface area contributed by atoms with E-state index in [4.69, 9.17) is 9.84 Å². The lowest BCUT2D eigenvalue weighted by molar-refractivity contribution is 0.0697. The molecule has 0 aliphatic carbocycles. The molecule has 0 saturated carbocycles. The van der Waals surface area contributed by atoms with Crippen molar-refractivity contribution in [3.8, 4) is 11.6 Å². The molecule has 1 aromatic carbocycles. The average Bonchev–Trinajstić information content (AvgIpc) is 2.76. The normalized spacial score (nSPS) is 10.8. The van der Waals surface area contributed by atoms with Crippen molar-refractivity contribution in [2.45, 2.75) is 13.8 Å². The SMILES string of the molecule is Cc1sc2ncnc(Oc3ccc(C(=O)O)cc3)c2c1C. The summed E-state index contributed by atoms with van der Waals surface area (Å²) in [7, 11) is 0. The van der Waals surface area contributed by atoms with E-state index in [0.717, 1.165) is 15.8 Å². The monoisotopic (exact) mass is 300 g/mol. The van der Waals surface area contributed by atoms with Gasteiger partial charge in [-0.15, -0.1) is 11.3 Å². The minimum atomic E-state index is -0.963. The zero-order valence-electron chi connectivity index (χ0n) is 11.5. The maximum Gasteiger partial charge on any atom is 0.335 e. The molecule has 0 aliphatic rings. The van der Waals surface area contributed by atoms with Crippen LogP contribution >= 0.6 is 11.3 Å². The lowest BCUT2D eigenvalue weighted by atomic mass is 10.2. The Morgan fingerprint density at radius 2 is 1.90 bits per heavy atom. The third-order valence-corrected chi connectivity index (χ3v) is 4.36. The lowest BCUT2D eigenvalue weighted by Crippen LogP contribution is -1.96. The van der Waals surface area contributed by atoms with Gasteiger partial charge in [0.2, 0.25) is 5.88 Å². The maximum atomic E-state index is 10.8. The van der Waals surface area contributed by atoms with E-state index in [9.17, 15) is 4.79 Å². The maximum absolute atomic E-state index is 10.8. The summed E-state index contributed by atoms with van der Waals surface area (Å²) >= 11 is 1.60. The Balaban J connectivity index is 2.00. The van der Waals surface area contributed by atoms with Gasteiger partial charge in [-0.25, -0.2) is 14.8 Å². The van der Waals surface area contributed by atoms with Gasteiger partial charge in [0.15, 0.2) is 0 Å². The van der Waals surface area contributed by atoms with Gasteiger partial charge in [-0.3, -0.25) is 0 Å². The van der Waals surface area contributed by atoms with Crippen LogP contribution in [0.1, 0.15) is 20.8 Å². The summed E-state index contributed by atoms with van der Waals surface area (Å²) in [5, 5.41) is 9.79. The number of carboxylic acid groups (broad SMARTS) is 1. The first-order chi connectivity index (χ1) is 10.1. The first-order valence-electron chi connectivity index (χ1n) is 6.28. The average molecular weight is 300 g/mol. The topological polar surface area (TPSA) is 72.3 Å².